The van der Waals surface area contributed by atoms with E-state index in [-0.39, 0.29) is 24.3 Å². The van der Waals surface area contributed by atoms with E-state index in [1.807, 2.05) is 62.1 Å². The Kier molecular flexibility index (Phi) is 12.4. The lowest BCUT2D eigenvalue weighted by atomic mass is 9.96. The van der Waals surface area contributed by atoms with Gasteiger partial charge in [0.25, 0.3) is 5.91 Å². The Bertz CT molecular complexity index is 1530. The van der Waals surface area contributed by atoms with Crippen LogP contribution in [0.2, 0.25) is 0 Å². The molecule has 0 saturated carbocycles. The fourth-order valence-corrected chi connectivity index (χ4v) is 6.17. The zero-order chi connectivity index (χ0) is 34.1. The molecule has 1 fully saturated rings. The number of nitrogens with zero attached hydrogens (tertiary/aromatic N) is 2. The molecule has 1 saturated heterocycles. The molecule has 1 aliphatic heterocycles. The number of hydrogen-bond acceptors (Lipinski definition) is 8. The van der Waals surface area contributed by atoms with Crippen molar-refractivity contribution < 1.29 is 33.3 Å². The van der Waals surface area contributed by atoms with Gasteiger partial charge in [-0.3, -0.25) is 9.59 Å². The van der Waals surface area contributed by atoms with Crippen LogP contribution in [0.3, 0.4) is 0 Å². The van der Waals surface area contributed by atoms with Crippen molar-refractivity contribution in [2.24, 2.45) is 5.92 Å². The number of ketones is 1. The molecule has 0 aromatic heterocycles. The molecule has 1 unspecified atom stereocenters. The molecular weight excluding hydrogens is 713 g/mol. The number of likely N-dealkylation sites (tertiary alicyclic amines) is 1. The van der Waals surface area contributed by atoms with Crippen molar-refractivity contribution in [3.8, 4) is 17.2 Å². The van der Waals surface area contributed by atoms with Crippen LogP contribution in [0.5, 0.6) is 17.2 Å². The number of para-hydroxylation sites is 1. The van der Waals surface area contributed by atoms with Crippen LogP contribution in [0.15, 0.2) is 66.7 Å². The highest BCUT2D eigenvalue weighted by molar-refractivity contribution is 14.1. The number of carbonyl (C=O) groups is 3. The molecule has 2 amide bonds. The van der Waals surface area contributed by atoms with Crippen LogP contribution in [0.4, 0.5) is 10.5 Å². The molecule has 10 nitrogen and oxygen atoms in total. The molecule has 4 rings (SSSR count). The number of anilines is 1. The van der Waals surface area contributed by atoms with Crippen molar-refractivity contribution >= 4 is 46.1 Å². The van der Waals surface area contributed by atoms with Crippen LogP contribution in [-0.4, -0.2) is 75.3 Å². The second-order valence-corrected chi connectivity index (χ2v) is 13.6. The number of ether oxygens (including phenoxy) is 4. The smallest absolute Gasteiger partial charge is 0.410 e. The Hall–Kier alpha value is -4.00. The summed E-state index contributed by atoms with van der Waals surface area (Å²) in [6.45, 7) is 7.20. The maximum absolute atomic E-state index is 14.4. The topological polar surface area (TPSA) is 107 Å². The number of methoxy groups -OCH3 is 3. The molecule has 1 heterocycles. The van der Waals surface area contributed by atoms with Crippen molar-refractivity contribution in [3.05, 3.63) is 81.4 Å². The van der Waals surface area contributed by atoms with Crippen LogP contribution in [0.1, 0.15) is 49.5 Å². The summed E-state index contributed by atoms with van der Waals surface area (Å²) in [6, 6.07) is 18.7. The molecule has 47 heavy (non-hydrogen) atoms. The Morgan fingerprint density at radius 1 is 0.915 bits per heavy atom. The summed E-state index contributed by atoms with van der Waals surface area (Å²) in [5.74, 6) is 1.20. The van der Waals surface area contributed by atoms with Gasteiger partial charge in [-0.05, 0) is 111 Å². The second-order valence-electron chi connectivity index (χ2n) is 12.4. The SMILES string of the molecule is COc1ccc(C(=O)C(C(=O)NCC2CCN(C(=O)OC(C)(C)C)CC2)N(Cc2ccc(OC)cc2OC)c2ccccc2I)cc1. The number of nitrogens with one attached hydrogen (secondary N) is 1. The summed E-state index contributed by atoms with van der Waals surface area (Å²) < 4.78 is 22.8. The molecule has 3 aromatic rings. The van der Waals surface area contributed by atoms with E-state index < -0.39 is 17.6 Å². The van der Waals surface area contributed by atoms with Gasteiger partial charge < -0.3 is 34.1 Å². The number of amides is 2. The largest absolute Gasteiger partial charge is 0.497 e. The summed E-state index contributed by atoms with van der Waals surface area (Å²) >= 11 is 2.23. The maximum atomic E-state index is 14.4. The molecule has 1 aliphatic rings. The third kappa shape index (κ3) is 9.52. The molecule has 3 aromatic carbocycles. The molecule has 0 spiro atoms. The van der Waals surface area contributed by atoms with Gasteiger partial charge in [0, 0.05) is 46.9 Å². The average Bonchev–Trinajstić information content (AvgIpc) is 3.06. The van der Waals surface area contributed by atoms with Crippen LogP contribution < -0.4 is 24.4 Å². The Morgan fingerprint density at radius 2 is 1.55 bits per heavy atom. The minimum absolute atomic E-state index is 0.140. The zero-order valence-corrected chi connectivity index (χ0v) is 30.0. The predicted octanol–water partition coefficient (Wildman–Crippen LogP) is 6.34. The van der Waals surface area contributed by atoms with Gasteiger partial charge in [0.15, 0.2) is 11.8 Å². The van der Waals surface area contributed by atoms with Crippen LogP contribution >= 0.6 is 22.6 Å². The Balaban J connectivity index is 1.64. The van der Waals surface area contributed by atoms with Crippen LogP contribution in [0.25, 0.3) is 0 Å². The summed E-state index contributed by atoms with van der Waals surface area (Å²) in [5.41, 5.74) is 1.33. The monoisotopic (exact) mass is 757 g/mol. The van der Waals surface area contributed by atoms with E-state index >= 15 is 0 Å². The third-order valence-electron chi connectivity index (χ3n) is 8.01. The number of benzene rings is 3. The molecule has 0 bridgehead atoms. The first-order valence-electron chi connectivity index (χ1n) is 15.6. The highest BCUT2D eigenvalue weighted by atomic mass is 127. The lowest BCUT2D eigenvalue weighted by Gasteiger charge is -2.35. The van der Waals surface area contributed by atoms with Crippen molar-refractivity contribution in [3.63, 3.8) is 0 Å². The lowest BCUT2D eigenvalue weighted by Crippen LogP contribution is -2.53. The normalized spacial score (nSPS) is 14.1. The molecule has 1 N–H and O–H groups in total. The summed E-state index contributed by atoms with van der Waals surface area (Å²) in [7, 11) is 4.73. The average molecular weight is 758 g/mol. The fourth-order valence-electron chi connectivity index (χ4n) is 5.47. The van der Waals surface area contributed by atoms with Gasteiger partial charge in [-0.2, -0.15) is 0 Å². The van der Waals surface area contributed by atoms with Crippen molar-refractivity contribution in [1.82, 2.24) is 10.2 Å². The number of piperidine rings is 1. The summed E-state index contributed by atoms with van der Waals surface area (Å²) in [4.78, 5) is 44.8. The molecule has 0 aliphatic carbocycles. The van der Waals surface area contributed by atoms with E-state index in [1.54, 1.807) is 56.6 Å². The Morgan fingerprint density at radius 3 is 2.15 bits per heavy atom. The number of rotatable bonds is 12. The van der Waals surface area contributed by atoms with Gasteiger partial charge in [-0.25, -0.2) is 4.79 Å². The summed E-state index contributed by atoms with van der Waals surface area (Å²) in [6.07, 6.45) is 1.09. The quantitative estimate of drug-likeness (QED) is 0.130. The highest BCUT2D eigenvalue weighted by Gasteiger charge is 2.36. The predicted molar refractivity (Wildman–Crippen MR) is 190 cm³/mol. The van der Waals surface area contributed by atoms with E-state index in [0.29, 0.717) is 55.3 Å². The van der Waals surface area contributed by atoms with Gasteiger partial charge in [-0.1, -0.05) is 12.1 Å². The first-order chi connectivity index (χ1) is 22.4. The number of carbonyl (C=O) groups excluding carboxylic acids is 3. The van der Waals surface area contributed by atoms with Crippen LogP contribution in [-0.2, 0) is 16.1 Å². The van der Waals surface area contributed by atoms with E-state index in [1.165, 1.54) is 0 Å². The number of Topliss-reactive ketones (excluding diaryl/α,β-unsaturated/α-hetero) is 1. The first-order valence-corrected chi connectivity index (χ1v) is 16.7. The highest BCUT2D eigenvalue weighted by Crippen LogP contribution is 2.32. The van der Waals surface area contributed by atoms with E-state index in [2.05, 4.69) is 27.9 Å². The maximum Gasteiger partial charge on any atom is 0.410 e. The summed E-state index contributed by atoms with van der Waals surface area (Å²) in [5, 5.41) is 3.10. The minimum Gasteiger partial charge on any atom is -0.497 e. The van der Waals surface area contributed by atoms with E-state index in [4.69, 9.17) is 18.9 Å². The minimum atomic E-state index is -1.20. The third-order valence-corrected chi connectivity index (χ3v) is 8.92. The van der Waals surface area contributed by atoms with E-state index in [0.717, 1.165) is 14.8 Å². The second kappa shape index (κ2) is 16.2. The van der Waals surface area contributed by atoms with Gasteiger partial charge >= 0.3 is 6.09 Å². The van der Waals surface area contributed by atoms with Crippen molar-refractivity contribution in [2.45, 2.75) is 51.8 Å². The van der Waals surface area contributed by atoms with Gasteiger partial charge in [-0.15, -0.1) is 0 Å². The zero-order valence-electron chi connectivity index (χ0n) is 27.9. The van der Waals surface area contributed by atoms with Crippen LogP contribution in [0, 0.1) is 9.49 Å². The fraction of sp³-hybridized carbons (Fsp3) is 0.417. The van der Waals surface area contributed by atoms with Gasteiger partial charge in [0.05, 0.1) is 27.0 Å². The first kappa shape index (κ1) is 35.8. The van der Waals surface area contributed by atoms with Gasteiger partial charge in [0.1, 0.15) is 22.8 Å². The van der Waals surface area contributed by atoms with E-state index in [9.17, 15) is 14.4 Å². The van der Waals surface area contributed by atoms with Crippen molar-refractivity contribution in [1.29, 1.82) is 0 Å². The Labute approximate surface area is 290 Å². The standard InChI is InChI=1S/C36H44IN3O7/c1-36(2,3)47-35(43)39-19-17-24(18-20-39)22-38-34(42)32(33(41)25-11-14-27(44-4)15-12-25)40(30-10-8-7-9-29(30)37)23-26-13-16-28(45-5)21-31(26)46-6/h7-16,21,24,32H,17-20,22-23H2,1-6H3,(H,38,42). The lowest BCUT2D eigenvalue weighted by molar-refractivity contribution is -0.121. The molecule has 11 heteroatoms. The molecular formula is C36H44IN3O7. The van der Waals surface area contributed by atoms with Crippen molar-refractivity contribution in [2.75, 3.05) is 45.9 Å². The molecule has 252 valence electrons. The molecule has 0 radical (unpaired) electrons. The number of halogens is 1. The number of hydrogen-bond donors (Lipinski definition) is 1. The van der Waals surface area contributed by atoms with Gasteiger partial charge in [0.2, 0.25) is 0 Å². The molecule has 1 atom stereocenters.